The first-order valence-electron chi connectivity index (χ1n) is 12.1. The van der Waals surface area contributed by atoms with Gasteiger partial charge in [-0.2, -0.15) is 0 Å². The fourth-order valence-corrected chi connectivity index (χ4v) is 5.85. The van der Waals surface area contributed by atoms with E-state index in [4.69, 9.17) is 24.3 Å². The fourth-order valence-electron chi connectivity index (χ4n) is 4.26. The van der Waals surface area contributed by atoms with Crippen LogP contribution in [-0.4, -0.2) is 38.8 Å². The number of fused-ring (bicyclic) bond motifs is 2. The van der Waals surface area contributed by atoms with Crippen LogP contribution in [0.15, 0.2) is 54.6 Å². The van der Waals surface area contributed by atoms with E-state index < -0.39 is 0 Å². The topological polar surface area (TPSA) is 69.9 Å². The Labute approximate surface area is 233 Å². The minimum Gasteiger partial charge on any atom is -0.493 e. The van der Waals surface area contributed by atoms with Crippen molar-refractivity contribution < 1.29 is 14.2 Å². The maximum absolute atomic E-state index is 6.10. The van der Waals surface area contributed by atoms with Crippen molar-refractivity contribution in [2.24, 2.45) is 0 Å². The van der Waals surface area contributed by atoms with Crippen molar-refractivity contribution in [3.8, 4) is 27.8 Å². The summed E-state index contributed by atoms with van der Waals surface area (Å²) in [4.78, 5) is 6.09. The Bertz CT molecular complexity index is 1560. The first kappa shape index (κ1) is 25.6. The number of alkyl halides is 1. The molecule has 37 heavy (non-hydrogen) atoms. The average molecular weight is 629 g/mol. The molecule has 9 heteroatoms. The van der Waals surface area contributed by atoms with Gasteiger partial charge in [-0.25, -0.2) is 9.50 Å². The van der Waals surface area contributed by atoms with Crippen molar-refractivity contribution >= 4 is 61.2 Å². The van der Waals surface area contributed by atoms with Crippen LogP contribution < -0.4 is 19.5 Å². The first-order valence-corrected chi connectivity index (χ1v) is 14.1. The number of halogens is 1. The normalized spacial score (nSPS) is 12.3. The van der Waals surface area contributed by atoms with Crippen molar-refractivity contribution in [1.29, 1.82) is 0 Å². The smallest absolute Gasteiger partial charge is 0.162 e. The van der Waals surface area contributed by atoms with Crippen LogP contribution in [0.4, 0.5) is 11.5 Å². The molecule has 1 atom stereocenters. The predicted molar refractivity (Wildman–Crippen MR) is 160 cm³/mol. The van der Waals surface area contributed by atoms with E-state index >= 15 is 0 Å². The van der Waals surface area contributed by atoms with Crippen LogP contribution >= 0.6 is 33.9 Å². The Hall–Kier alpha value is -3.05. The second-order valence-electron chi connectivity index (χ2n) is 9.03. The highest BCUT2D eigenvalue weighted by Gasteiger charge is 2.20. The van der Waals surface area contributed by atoms with Crippen LogP contribution in [0.2, 0.25) is 0 Å². The van der Waals surface area contributed by atoms with Gasteiger partial charge in [0.05, 0.1) is 35.6 Å². The Morgan fingerprint density at radius 1 is 0.973 bits per heavy atom. The summed E-state index contributed by atoms with van der Waals surface area (Å²) in [6, 6.07) is 18.1. The highest BCUT2D eigenvalue weighted by Crippen LogP contribution is 2.41. The molecular formula is C28H29IN4O3S. The average Bonchev–Trinajstić information content (AvgIpc) is 3.44. The number of nitrogens with one attached hydrogen (secondary N) is 1. The molecule has 1 N–H and O–H groups in total. The van der Waals surface area contributed by atoms with Crippen LogP contribution in [0.25, 0.3) is 26.3 Å². The molecule has 0 bridgehead atoms. The quantitative estimate of drug-likeness (QED) is 0.135. The molecule has 0 amide bonds. The number of nitrogens with zero attached hydrogens (tertiary/aromatic N) is 3. The monoisotopic (exact) mass is 628 g/mol. The summed E-state index contributed by atoms with van der Waals surface area (Å²) in [5, 5.41) is 9.51. The third-order valence-electron chi connectivity index (χ3n) is 5.78. The molecule has 1 unspecified atom stereocenters. The zero-order valence-corrected chi connectivity index (χ0v) is 24.4. The van der Waals surface area contributed by atoms with Crippen molar-refractivity contribution in [3.63, 3.8) is 0 Å². The van der Waals surface area contributed by atoms with E-state index in [1.54, 1.807) is 25.6 Å². The summed E-state index contributed by atoms with van der Waals surface area (Å²) in [7, 11) is 3.25. The number of hydrogen-bond donors (Lipinski definition) is 1. The van der Waals surface area contributed by atoms with Gasteiger partial charge in [0.1, 0.15) is 11.4 Å². The molecule has 0 aliphatic rings. The number of hydrogen-bond acceptors (Lipinski definition) is 7. The number of anilines is 2. The zero-order valence-electron chi connectivity index (χ0n) is 21.4. The molecule has 0 saturated heterocycles. The lowest BCUT2D eigenvalue weighted by Gasteiger charge is -2.11. The molecule has 0 radical (unpaired) electrons. The summed E-state index contributed by atoms with van der Waals surface area (Å²) >= 11 is 4.17. The van der Waals surface area contributed by atoms with Gasteiger partial charge >= 0.3 is 0 Å². The van der Waals surface area contributed by atoms with Gasteiger partial charge in [0.15, 0.2) is 23.0 Å². The number of rotatable bonds is 9. The van der Waals surface area contributed by atoms with Gasteiger partial charge in [0, 0.05) is 22.1 Å². The third kappa shape index (κ3) is 5.33. The van der Waals surface area contributed by atoms with E-state index in [-0.39, 0.29) is 6.10 Å². The van der Waals surface area contributed by atoms with Crippen molar-refractivity contribution in [3.05, 3.63) is 60.3 Å². The molecule has 3 aromatic heterocycles. The van der Waals surface area contributed by atoms with Crippen molar-refractivity contribution in [2.75, 3.05) is 19.5 Å². The molecule has 0 saturated carbocycles. The molecular weight excluding hydrogens is 599 g/mol. The van der Waals surface area contributed by atoms with Crippen LogP contribution in [-0.2, 0) is 6.42 Å². The maximum atomic E-state index is 6.10. The molecule has 0 fully saturated rings. The maximum Gasteiger partial charge on any atom is 0.162 e. The van der Waals surface area contributed by atoms with Crippen molar-refractivity contribution in [2.45, 2.75) is 37.2 Å². The minimum atomic E-state index is 0.106. The predicted octanol–water partition coefficient (Wildman–Crippen LogP) is 7.53. The van der Waals surface area contributed by atoms with Gasteiger partial charge in [-0.3, -0.25) is 0 Å². The van der Waals surface area contributed by atoms with E-state index in [0.29, 0.717) is 21.2 Å². The van der Waals surface area contributed by atoms with Gasteiger partial charge in [-0.05, 0) is 55.6 Å². The molecule has 192 valence electrons. The molecule has 0 aliphatic carbocycles. The highest BCUT2D eigenvalue weighted by molar-refractivity contribution is 14.1. The standard InChI is InChI=1S/C28H29IN4O3S/c1-16(2)36-22-8-6-7-18-14-24(37-28(18)22)27-20(13-17(3)29)31-26-12-11-25(32-33(26)27)30-19-9-10-21(34-4)23(15-19)35-5/h6-12,14-17H,13H2,1-5H3,(H,30,32). The zero-order chi connectivity index (χ0) is 26.1. The first-order chi connectivity index (χ1) is 17.9. The fraction of sp³-hybridized carbons (Fsp3) is 0.286. The number of thiophene rings is 1. The Kier molecular flexibility index (Phi) is 7.43. The van der Waals surface area contributed by atoms with Crippen LogP contribution in [0, 0.1) is 0 Å². The third-order valence-corrected chi connectivity index (χ3v) is 7.40. The number of imidazole rings is 1. The molecule has 5 rings (SSSR count). The van der Waals surface area contributed by atoms with Crippen LogP contribution in [0.3, 0.4) is 0 Å². The second-order valence-corrected chi connectivity index (χ2v) is 12.2. The lowest BCUT2D eigenvalue weighted by molar-refractivity contribution is 0.246. The lowest BCUT2D eigenvalue weighted by atomic mass is 10.1. The summed E-state index contributed by atoms with van der Waals surface area (Å²) in [5.74, 6) is 2.94. The van der Waals surface area contributed by atoms with E-state index in [1.165, 1.54) is 0 Å². The van der Waals surface area contributed by atoms with Crippen LogP contribution in [0.1, 0.15) is 26.5 Å². The van der Waals surface area contributed by atoms with Gasteiger partial charge in [0.2, 0.25) is 0 Å². The second kappa shape index (κ2) is 10.7. The Balaban J connectivity index is 1.61. The van der Waals surface area contributed by atoms with Gasteiger partial charge in [-0.1, -0.05) is 41.6 Å². The van der Waals surface area contributed by atoms with Gasteiger partial charge < -0.3 is 19.5 Å². The van der Waals surface area contributed by atoms with E-state index in [2.05, 4.69) is 60.8 Å². The summed E-state index contributed by atoms with van der Waals surface area (Å²) in [6.07, 6.45) is 0.954. The summed E-state index contributed by atoms with van der Waals surface area (Å²) in [6.45, 7) is 6.30. The van der Waals surface area contributed by atoms with Gasteiger partial charge in [0.25, 0.3) is 0 Å². The molecule has 0 aliphatic heterocycles. The van der Waals surface area contributed by atoms with Crippen LogP contribution in [0.5, 0.6) is 17.2 Å². The number of aromatic nitrogens is 3. The highest BCUT2D eigenvalue weighted by atomic mass is 127. The molecule has 0 spiro atoms. The SMILES string of the molecule is COc1ccc(Nc2ccc3nc(CC(C)I)c(-c4cc5cccc(OC(C)C)c5s4)n3n2)cc1OC. The minimum absolute atomic E-state index is 0.106. The Morgan fingerprint density at radius 3 is 2.51 bits per heavy atom. The molecule has 7 nitrogen and oxygen atoms in total. The van der Waals surface area contributed by atoms with E-state index in [1.807, 2.05) is 47.0 Å². The molecule has 3 heterocycles. The van der Waals surface area contributed by atoms with Gasteiger partial charge in [-0.15, -0.1) is 16.4 Å². The summed E-state index contributed by atoms with van der Waals surface area (Å²) in [5.41, 5.74) is 3.72. The number of ether oxygens (including phenoxy) is 3. The van der Waals surface area contributed by atoms with E-state index in [9.17, 15) is 0 Å². The lowest BCUT2D eigenvalue weighted by Crippen LogP contribution is -2.05. The molecule has 5 aromatic rings. The summed E-state index contributed by atoms with van der Waals surface area (Å²) < 4.78 is 20.4. The number of benzene rings is 2. The largest absolute Gasteiger partial charge is 0.493 e. The number of methoxy groups -OCH3 is 2. The molecule has 2 aromatic carbocycles. The van der Waals surface area contributed by atoms with E-state index in [0.717, 1.165) is 49.9 Å². The Morgan fingerprint density at radius 2 is 1.78 bits per heavy atom. The van der Waals surface area contributed by atoms with Crippen molar-refractivity contribution in [1.82, 2.24) is 14.6 Å².